The summed E-state index contributed by atoms with van der Waals surface area (Å²) in [6.07, 6.45) is 0. The van der Waals surface area contributed by atoms with Gasteiger partial charge < -0.3 is 14.2 Å². The predicted octanol–water partition coefficient (Wildman–Crippen LogP) is 2.39. The van der Waals surface area contributed by atoms with Crippen LogP contribution in [0, 0.1) is 0 Å². The lowest BCUT2D eigenvalue weighted by Gasteiger charge is -2.21. The van der Waals surface area contributed by atoms with Gasteiger partial charge in [0.15, 0.2) is 0 Å². The summed E-state index contributed by atoms with van der Waals surface area (Å²) in [6, 6.07) is 6.35. The average molecular weight is 274 g/mol. The van der Waals surface area contributed by atoms with E-state index in [0.717, 1.165) is 5.30 Å². The number of benzene rings is 1. The van der Waals surface area contributed by atoms with Crippen LogP contribution in [0.3, 0.4) is 0 Å². The summed E-state index contributed by atoms with van der Waals surface area (Å²) in [5, 5.41) is 9.54. The Morgan fingerprint density at radius 1 is 1.24 bits per heavy atom. The lowest BCUT2D eigenvalue weighted by atomic mass is 10.2. The van der Waals surface area contributed by atoms with E-state index in [4.69, 9.17) is 26.0 Å². The topological polar surface area (TPSA) is 55.8 Å². The molecule has 0 aliphatic rings. The van der Waals surface area contributed by atoms with Gasteiger partial charge in [-0.25, -0.2) is 4.79 Å². The van der Waals surface area contributed by atoms with Crippen LogP contribution in [-0.2, 0) is 20.9 Å². The first-order valence-electron chi connectivity index (χ1n) is 5.26. The number of aromatic carboxylic acids is 1. The van der Waals surface area contributed by atoms with Gasteiger partial charge in [-0.1, -0.05) is 0 Å². The van der Waals surface area contributed by atoms with E-state index in [1.807, 2.05) is 13.8 Å². The third-order valence-electron chi connectivity index (χ3n) is 2.03. The molecule has 0 atom stereocenters. The molecule has 0 saturated carbocycles. The van der Waals surface area contributed by atoms with Gasteiger partial charge in [0.25, 0.3) is 0 Å². The van der Waals surface area contributed by atoms with Crippen molar-refractivity contribution >= 4 is 29.6 Å². The van der Waals surface area contributed by atoms with Crippen LogP contribution in [0.5, 0.6) is 0 Å². The molecule has 0 fully saturated rings. The molecule has 94 valence electrons. The van der Waals surface area contributed by atoms with E-state index in [0.29, 0.717) is 13.2 Å². The van der Waals surface area contributed by atoms with Crippen molar-refractivity contribution in [3.63, 3.8) is 0 Å². The van der Waals surface area contributed by atoms with Crippen LogP contribution in [-0.4, -0.2) is 24.3 Å². The van der Waals surface area contributed by atoms with Crippen LogP contribution in [0.15, 0.2) is 24.3 Å². The van der Waals surface area contributed by atoms with Crippen LogP contribution < -0.4 is 5.30 Å². The summed E-state index contributed by atoms with van der Waals surface area (Å²) in [5.41, 5.74) is 0.225. The van der Waals surface area contributed by atoms with Crippen LogP contribution in [0.2, 0.25) is 0 Å². The molecule has 0 heterocycles. The van der Waals surface area contributed by atoms with Crippen molar-refractivity contribution in [3.8, 4) is 0 Å². The highest BCUT2D eigenvalue weighted by molar-refractivity contribution is 8.13. The van der Waals surface area contributed by atoms with E-state index in [1.165, 1.54) is 12.1 Å². The molecule has 0 spiro atoms. The maximum Gasteiger partial charge on any atom is 0.335 e. The van der Waals surface area contributed by atoms with Crippen LogP contribution in [0.4, 0.5) is 0 Å². The van der Waals surface area contributed by atoms with Crippen molar-refractivity contribution < 1.29 is 18.9 Å². The maximum absolute atomic E-state index is 10.7. The molecule has 17 heavy (non-hydrogen) atoms. The number of hydrogen-bond donors (Lipinski definition) is 1. The molecule has 0 unspecified atom stereocenters. The number of carboxylic acid groups (broad SMARTS) is 1. The van der Waals surface area contributed by atoms with E-state index >= 15 is 0 Å². The number of hydrogen-bond acceptors (Lipinski definition) is 4. The van der Waals surface area contributed by atoms with Crippen LogP contribution >= 0.6 is 6.49 Å². The molecule has 1 N–H and O–H groups in total. The maximum atomic E-state index is 10.7. The number of rotatable bonds is 6. The van der Waals surface area contributed by atoms with E-state index in [1.54, 1.807) is 12.1 Å². The van der Waals surface area contributed by atoms with Gasteiger partial charge in [0.1, 0.15) is 0 Å². The van der Waals surface area contributed by atoms with Gasteiger partial charge in [-0.15, -0.1) is 0 Å². The van der Waals surface area contributed by atoms with E-state index < -0.39 is 12.5 Å². The third-order valence-corrected chi connectivity index (χ3v) is 5.42. The largest absolute Gasteiger partial charge is 0.478 e. The molecule has 6 heteroatoms. The van der Waals surface area contributed by atoms with Gasteiger partial charge in [0, 0.05) is 5.30 Å². The van der Waals surface area contributed by atoms with Crippen molar-refractivity contribution in [2.45, 2.75) is 13.8 Å². The Morgan fingerprint density at radius 2 is 1.71 bits per heavy atom. The van der Waals surface area contributed by atoms with Crippen LogP contribution in [0.25, 0.3) is 0 Å². The Hall–Kier alpha value is -0.740. The predicted molar refractivity (Wildman–Crippen MR) is 70.6 cm³/mol. The van der Waals surface area contributed by atoms with Crippen molar-refractivity contribution in [1.82, 2.24) is 0 Å². The van der Waals surface area contributed by atoms with E-state index in [2.05, 4.69) is 0 Å². The Morgan fingerprint density at radius 3 is 2.06 bits per heavy atom. The summed E-state index contributed by atoms with van der Waals surface area (Å²) >= 11 is 5.39. The molecule has 1 aromatic carbocycles. The standard InChI is InChI=1S/C11H15O4PS/c1-3-14-16(17,15-4-2)10-7-5-9(6-8-10)11(12)13/h5-8H,3-4H2,1-2H3,(H,12,13). The molecule has 1 aromatic rings. The minimum atomic E-state index is -2.48. The molecule has 0 bridgehead atoms. The molecule has 1 rings (SSSR count). The molecular weight excluding hydrogens is 259 g/mol. The second-order valence-electron chi connectivity index (χ2n) is 3.19. The zero-order valence-electron chi connectivity index (χ0n) is 9.75. The zero-order valence-corrected chi connectivity index (χ0v) is 11.5. The summed E-state index contributed by atoms with van der Waals surface area (Å²) in [4.78, 5) is 10.7. The Labute approximate surface area is 106 Å². The SMILES string of the molecule is CCOP(=S)(OCC)c1ccc(C(=O)O)cc1. The Balaban J connectivity index is 3.03. The first-order chi connectivity index (χ1) is 8.03. The second-order valence-corrected chi connectivity index (χ2v) is 6.65. The van der Waals surface area contributed by atoms with Gasteiger partial charge in [0.2, 0.25) is 6.49 Å². The van der Waals surface area contributed by atoms with Gasteiger partial charge in [-0.2, -0.15) is 0 Å². The molecule has 0 aliphatic carbocycles. The monoisotopic (exact) mass is 274 g/mol. The highest BCUT2D eigenvalue weighted by atomic mass is 32.5. The molecule has 4 nitrogen and oxygen atoms in total. The van der Waals surface area contributed by atoms with Gasteiger partial charge in [-0.3, -0.25) is 0 Å². The van der Waals surface area contributed by atoms with Crippen molar-refractivity contribution in [2.24, 2.45) is 0 Å². The molecule has 0 saturated heterocycles. The molecule has 0 aromatic heterocycles. The van der Waals surface area contributed by atoms with Gasteiger partial charge in [0.05, 0.1) is 18.8 Å². The van der Waals surface area contributed by atoms with E-state index in [9.17, 15) is 4.79 Å². The summed E-state index contributed by atoms with van der Waals surface area (Å²) in [7, 11) is 0. The highest BCUT2D eigenvalue weighted by Crippen LogP contribution is 2.47. The van der Waals surface area contributed by atoms with Crippen molar-refractivity contribution in [3.05, 3.63) is 29.8 Å². The lowest BCUT2D eigenvalue weighted by molar-refractivity contribution is 0.0697. The molecular formula is C11H15O4PS. The number of carbonyl (C=O) groups is 1. The minimum Gasteiger partial charge on any atom is -0.478 e. The number of carboxylic acids is 1. The zero-order chi connectivity index (χ0) is 12.9. The quantitative estimate of drug-likeness (QED) is 0.807. The summed E-state index contributed by atoms with van der Waals surface area (Å²) in [5.74, 6) is -0.960. The normalized spacial score (nSPS) is 11.4. The Kier molecular flexibility index (Phi) is 5.28. The second kappa shape index (κ2) is 6.26. The summed E-state index contributed by atoms with van der Waals surface area (Å²) in [6.45, 7) is 2.16. The fraction of sp³-hybridized carbons (Fsp3) is 0.364. The fourth-order valence-electron chi connectivity index (χ4n) is 1.31. The molecule has 0 radical (unpaired) electrons. The summed E-state index contributed by atoms with van der Waals surface area (Å²) < 4.78 is 11.0. The van der Waals surface area contributed by atoms with Gasteiger partial charge in [-0.05, 0) is 49.9 Å². The van der Waals surface area contributed by atoms with E-state index in [-0.39, 0.29) is 5.56 Å². The van der Waals surface area contributed by atoms with Gasteiger partial charge >= 0.3 is 5.97 Å². The molecule has 0 aliphatic heterocycles. The van der Waals surface area contributed by atoms with Crippen LogP contribution in [0.1, 0.15) is 24.2 Å². The molecule has 0 amide bonds. The Bertz CT molecular complexity index is 420. The third kappa shape index (κ3) is 3.61. The smallest absolute Gasteiger partial charge is 0.335 e. The first-order valence-corrected chi connectivity index (χ1v) is 7.90. The van der Waals surface area contributed by atoms with Crippen molar-refractivity contribution in [2.75, 3.05) is 13.2 Å². The average Bonchev–Trinajstić information content (AvgIpc) is 2.30. The lowest BCUT2D eigenvalue weighted by Crippen LogP contribution is -2.11. The fourth-order valence-corrected chi connectivity index (χ4v) is 3.88. The highest BCUT2D eigenvalue weighted by Gasteiger charge is 2.21. The first kappa shape index (κ1) is 14.3. The minimum absolute atomic E-state index is 0.225. The van der Waals surface area contributed by atoms with Crippen molar-refractivity contribution in [1.29, 1.82) is 0 Å².